The highest BCUT2D eigenvalue weighted by molar-refractivity contribution is 9.11. The first-order valence-corrected chi connectivity index (χ1v) is 14.4. The first-order valence-electron chi connectivity index (χ1n) is 12.4. The Labute approximate surface area is 258 Å². The number of H-pyrrole nitrogens is 1. The van der Waals surface area contributed by atoms with Crippen molar-refractivity contribution in [3.63, 3.8) is 0 Å². The van der Waals surface area contributed by atoms with Gasteiger partial charge in [0, 0.05) is 56.9 Å². The number of esters is 1. The number of fused-ring (bicyclic) bond motifs is 1. The summed E-state index contributed by atoms with van der Waals surface area (Å²) in [5, 5.41) is 5.57. The zero-order chi connectivity index (χ0) is 29.1. The summed E-state index contributed by atoms with van der Waals surface area (Å²) in [6.07, 6.45) is 1.42. The quantitative estimate of drug-likeness (QED) is 0.0782. The summed E-state index contributed by atoms with van der Waals surface area (Å²) < 4.78 is 6.95. The van der Waals surface area contributed by atoms with E-state index in [1.807, 2.05) is 61.5 Å². The number of hydrogen-bond donors (Lipinski definition) is 2. The van der Waals surface area contributed by atoms with E-state index >= 15 is 0 Å². The molecule has 1 aromatic heterocycles. The van der Waals surface area contributed by atoms with Crippen LogP contribution in [0.3, 0.4) is 0 Å². The number of rotatable bonds is 7. The average molecular weight is 695 g/mol. The number of aromatic nitrogens is 1. The van der Waals surface area contributed by atoms with Gasteiger partial charge in [-0.2, -0.15) is 5.10 Å². The molecule has 0 unspecified atom stereocenters. The van der Waals surface area contributed by atoms with Crippen LogP contribution in [0.5, 0.6) is 5.75 Å². The molecule has 0 fully saturated rings. The highest BCUT2D eigenvalue weighted by Crippen LogP contribution is 2.38. The first kappa shape index (κ1) is 28.6. The molecule has 0 radical (unpaired) electrons. The summed E-state index contributed by atoms with van der Waals surface area (Å²) in [6.45, 7) is 0. The Bertz CT molecular complexity index is 1800. The van der Waals surface area contributed by atoms with Gasteiger partial charge in [0.05, 0.1) is 16.3 Å². The highest BCUT2D eigenvalue weighted by Gasteiger charge is 2.22. The van der Waals surface area contributed by atoms with Crippen LogP contribution >= 0.6 is 43.5 Å². The van der Waals surface area contributed by atoms with Crippen molar-refractivity contribution in [3.8, 4) is 16.9 Å². The molecule has 41 heavy (non-hydrogen) atoms. The molecule has 0 bridgehead atoms. The van der Waals surface area contributed by atoms with Crippen molar-refractivity contribution in [2.45, 2.75) is 0 Å². The second kappa shape index (κ2) is 12.3. The van der Waals surface area contributed by atoms with Gasteiger partial charge in [-0.3, -0.25) is 4.79 Å². The third-order valence-electron chi connectivity index (χ3n) is 6.28. The summed E-state index contributed by atoms with van der Waals surface area (Å²) in [7, 11) is 3.91. The van der Waals surface area contributed by atoms with Crippen molar-refractivity contribution in [3.05, 3.63) is 116 Å². The predicted molar refractivity (Wildman–Crippen MR) is 171 cm³/mol. The molecular weight excluding hydrogens is 672 g/mol. The number of benzene rings is 4. The van der Waals surface area contributed by atoms with Crippen LogP contribution in [0.2, 0.25) is 5.02 Å². The zero-order valence-corrected chi connectivity index (χ0v) is 25.8. The molecular formula is C31H23Br2ClN4O3. The van der Waals surface area contributed by atoms with E-state index < -0.39 is 11.9 Å². The maximum absolute atomic E-state index is 13.5. The molecule has 5 rings (SSSR count). The minimum Gasteiger partial charge on any atom is -0.421 e. The van der Waals surface area contributed by atoms with Gasteiger partial charge in [0.15, 0.2) is 5.75 Å². The Balaban J connectivity index is 1.48. The summed E-state index contributed by atoms with van der Waals surface area (Å²) in [4.78, 5) is 31.5. The average Bonchev–Trinajstić information content (AvgIpc) is 3.34. The van der Waals surface area contributed by atoms with E-state index in [0.29, 0.717) is 31.9 Å². The molecule has 2 N–H and O–H groups in total. The lowest BCUT2D eigenvalue weighted by molar-refractivity contribution is 0.0733. The van der Waals surface area contributed by atoms with Crippen LogP contribution in [0, 0.1) is 0 Å². The number of ether oxygens (including phenoxy) is 1. The fourth-order valence-corrected chi connectivity index (χ4v) is 5.87. The Morgan fingerprint density at radius 3 is 2.44 bits per heavy atom. The number of carbonyl (C=O) groups excluding carboxylic acids is 2. The summed E-state index contributed by atoms with van der Waals surface area (Å²) in [5.41, 5.74) is 6.94. The standard InChI is InChI=1S/C31H23Br2ClN4O3/c1-38(2)21-12-13-26-23(16-21)27(22-10-6-7-11-25(22)34)28(36-26)30(39)37-35-17-19-14-20(32)15-24(33)29(19)41-31(40)18-8-4-3-5-9-18/h3-17,36H,1-2H3,(H,37,39). The van der Waals surface area contributed by atoms with Gasteiger partial charge < -0.3 is 14.6 Å². The van der Waals surface area contributed by atoms with Gasteiger partial charge in [0.1, 0.15) is 5.69 Å². The molecule has 1 amide bonds. The van der Waals surface area contributed by atoms with Gasteiger partial charge in [0.25, 0.3) is 5.91 Å². The molecule has 206 valence electrons. The number of nitrogens with one attached hydrogen (secondary N) is 2. The largest absolute Gasteiger partial charge is 0.421 e. The van der Waals surface area contributed by atoms with E-state index in [1.54, 1.807) is 42.5 Å². The van der Waals surface area contributed by atoms with E-state index in [1.165, 1.54) is 6.21 Å². The molecule has 0 atom stereocenters. The first-order chi connectivity index (χ1) is 19.7. The maximum atomic E-state index is 13.5. The number of aromatic amines is 1. The van der Waals surface area contributed by atoms with E-state index in [-0.39, 0.29) is 5.75 Å². The Morgan fingerprint density at radius 1 is 0.976 bits per heavy atom. The molecule has 0 aliphatic heterocycles. The third-order valence-corrected chi connectivity index (χ3v) is 7.66. The number of halogens is 3. The van der Waals surface area contributed by atoms with Crippen molar-refractivity contribution < 1.29 is 14.3 Å². The van der Waals surface area contributed by atoms with E-state index in [2.05, 4.69) is 47.4 Å². The fourth-order valence-electron chi connectivity index (χ4n) is 4.30. The van der Waals surface area contributed by atoms with Crippen LogP contribution in [0.1, 0.15) is 26.4 Å². The van der Waals surface area contributed by atoms with Crippen LogP contribution in [0.4, 0.5) is 5.69 Å². The third kappa shape index (κ3) is 6.22. The van der Waals surface area contributed by atoms with Crippen molar-refractivity contribution in [1.29, 1.82) is 0 Å². The molecule has 4 aromatic carbocycles. The zero-order valence-electron chi connectivity index (χ0n) is 21.9. The monoisotopic (exact) mass is 692 g/mol. The van der Waals surface area contributed by atoms with Crippen LogP contribution < -0.4 is 15.1 Å². The van der Waals surface area contributed by atoms with Crippen molar-refractivity contribution in [2.75, 3.05) is 19.0 Å². The van der Waals surface area contributed by atoms with Crippen LogP contribution in [0.15, 0.2) is 99.0 Å². The Kier molecular flexibility index (Phi) is 8.58. The smallest absolute Gasteiger partial charge is 0.343 e. The van der Waals surface area contributed by atoms with E-state index in [0.717, 1.165) is 26.6 Å². The van der Waals surface area contributed by atoms with Crippen LogP contribution in [-0.4, -0.2) is 37.2 Å². The Morgan fingerprint density at radius 2 is 1.71 bits per heavy atom. The molecule has 0 spiro atoms. The second-order valence-corrected chi connectivity index (χ2v) is 11.4. The predicted octanol–water partition coefficient (Wildman–Crippen LogP) is 8.06. The van der Waals surface area contributed by atoms with E-state index in [9.17, 15) is 9.59 Å². The molecule has 1 heterocycles. The number of hydrazone groups is 1. The molecule has 7 nitrogen and oxygen atoms in total. The maximum Gasteiger partial charge on any atom is 0.343 e. The van der Waals surface area contributed by atoms with Crippen LogP contribution in [-0.2, 0) is 0 Å². The SMILES string of the molecule is CN(C)c1ccc2[nH]c(C(=O)NN=Cc3cc(Br)cc(Br)c3OC(=O)c3ccccc3)c(-c3ccccc3Cl)c2c1. The van der Waals surface area contributed by atoms with Crippen molar-refractivity contribution in [1.82, 2.24) is 10.4 Å². The van der Waals surface area contributed by atoms with Gasteiger partial charge >= 0.3 is 5.97 Å². The number of carbonyl (C=O) groups is 2. The summed E-state index contributed by atoms with van der Waals surface area (Å²) >= 11 is 13.5. The lowest BCUT2D eigenvalue weighted by Gasteiger charge is -2.13. The van der Waals surface area contributed by atoms with Crippen molar-refractivity contribution in [2.24, 2.45) is 5.10 Å². The van der Waals surface area contributed by atoms with Gasteiger partial charge in [-0.15, -0.1) is 0 Å². The van der Waals surface area contributed by atoms with Crippen molar-refractivity contribution >= 4 is 78.1 Å². The topological polar surface area (TPSA) is 86.8 Å². The molecule has 10 heteroatoms. The number of amides is 1. The lowest BCUT2D eigenvalue weighted by Crippen LogP contribution is -2.19. The molecule has 0 saturated heterocycles. The second-order valence-electron chi connectivity index (χ2n) is 9.24. The van der Waals surface area contributed by atoms with Gasteiger partial charge in [-0.05, 0) is 64.5 Å². The molecule has 5 aromatic rings. The normalized spacial score (nSPS) is 11.1. The number of hydrogen-bond acceptors (Lipinski definition) is 5. The van der Waals surface area contributed by atoms with E-state index in [4.69, 9.17) is 16.3 Å². The van der Waals surface area contributed by atoms with Crippen LogP contribution in [0.25, 0.3) is 22.0 Å². The number of nitrogens with zero attached hydrogens (tertiary/aromatic N) is 2. The van der Waals surface area contributed by atoms with Gasteiger partial charge in [0.2, 0.25) is 0 Å². The van der Waals surface area contributed by atoms with Gasteiger partial charge in [-0.1, -0.05) is 63.9 Å². The minimum absolute atomic E-state index is 0.263. The Hall–Kier alpha value is -3.92. The fraction of sp³-hybridized carbons (Fsp3) is 0.0645. The summed E-state index contributed by atoms with van der Waals surface area (Å²) in [5.74, 6) is -0.721. The minimum atomic E-state index is -0.521. The van der Waals surface area contributed by atoms with Gasteiger partial charge in [-0.25, -0.2) is 10.2 Å². The molecule has 0 aliphatic rings. The summed E-state index contributed by atoms with van der Waals surface area (Å²) in [6, 6.07) is 25.4. The lowest BCUT2D eigenvalue weighted by atomic mass is 10.0. The molecule has 0 saturated carbocycles. The number of anilines is 1. The highest BCUT2D eigenvalue weighted by atomic mass is 79.9. The molecule has 0 aliphatic carbocycles.